The van der Waals surface area contributed by atoms with E-state index in [1.54, 1.807) is 48.0 Å². The Morgan fingerprint density at radius 1 is 0.634 bits per heavy atom. The monoisotopic (exact) mass is 993 g/mol. The molecule has 7 aromatic rings. The molecule has 2 saturated carbocycles. The maximum atomic E-state index is 16.7. The summed E-state index contributed by atoms with van der Waals surface area (Å²) in [5.41, 5.74) is 1.96. The predicted octanol–water partition coefficient (Wildman–Crippen LogP) is 10.2. The zero-order valence-corrected chi connectivity index (χ0v) is 39.9. The molecule has 9 rings (SSSR count). The number of anilines is 3. The van der Waals surface area contributed by atoms with Gasteiger partial charge in [-0.05, 0) is 145 Å². The molecule has 2 aromatic heterocycles. The van der Waals surface area contributed by atoms with Crippen LogP contribution in [0.5, 0.6) is 0 Å². The zero-order valence-electron chi connectivity index (χ0n) is 38.2. The van der Waals surface area contributed by atoms with Gasteiger partial charge in [-0.2, -0.15) is 0 Å². The van der Waals surface area contributed by atoms with Gasteiger partial charge in [0.05, 0.1) is 5.56 Å². The Kier molecular flexibility index (Phi) is 13.9. The SMILES string of the molecule is Cc1c(F)cc(C(=O)NC2CC2)cc1-c1ccc(C(=O)O)cc1C(=O)Nc1ncc(C[C@H](C)Cc2c(F)cc(C(=O)NC3CC3)cc2-c2ccc(C(=O)Nc3ccccc3)cc2C(=O)Nc2nccs2)s1. The van der Waals surface area contributed by atoms with Gasteiger partial charge >= 0.3 is 5.97 Å². The number of thiazole rings is 2. The molecule has 2 fully saturated rings. The lowest BCUT2D eigenvalue weighted by Crippen LogP contribution is -2.25. The van der Waals surface area contributed by atoms with Crippen LogP contribution in [0.3, 0.4) is 0 Å². The number of hydrogen-bond acceptors (Lipinski definition) is 10. The Hall–Kier alpha value is -7.96. The predicted molar refractivity (Wildman–Crippen MR) is 267 cm³/mol. The fraction of sp³-hybridized carbons (Fsp3) is 0.208. The lowest BCUT2D eigenvalue weighted by molar-refractivity contribution is 0.0695. The summed E-state index contributed by atoms with van der Waals surface area (Å²) in [6, 6.07) is 22.6. The number of aromatic carboxylic acids is 1. The molecule has 1 atom stereocenters. The number of carbonyl (C=O) groups excluding carboxylic acids is 5. The molecule has 0 saturated heterocycles. The van der Waals surface area contributed by atoms with E-state index in [1.807, 2.05) is 13.0 Å². The van der Waals surface area contributed by atoms with Gasteiger partial charge in [-0.25, -0.2) is 23.5 Å². The lowest BCUT2D eigenvalue weighted by Gasteiger charge is -2.19. The summed E-state index contributed by atoms with van der Waals surface area (Å²) in [5.74, 6) is -5.66. The molecule has 18 heteroatoms. The fourth-order valence-corrected chi connectivity index (χ4v) is 9.56. The molecular formula is C53H45F2N7O7S2. The van der Waals surface area contributed by atoms with Crippen molar-refractivity contribution in [1.29, 1.82) is 0 Å². The Balaban J connectivity index is 0.995. The quantitative estimate of drug-likeness (QED) is 0.0512. The van der Waals surface area contributed by atoms with Crippen molar-refractivity contribution in [2.24, 2.45) is 5.92 Å². The van der Waals surface area contributed by atoms with Crippen LogP contribution in [0.15, 0.2) is 109 Å². The van der Waals surface area contributed by atoms with Crippen molar-refractivity contribution in [3.8, 4) is 22.3 Å². The number of amides is 5. The van der Waals surface area contributed by atoms with Gasteiger partial charge in [0, 0.05) is 68.2 Å². The molecule has 0 unspecified atom stereocenters. The van der Waals surface area contributed by atoms with Gasteiger partial charge in [-0.1, -0.05) is 37.3 Å². The van der Waals surface area contributed by atoms with Gasteiger partial charge in [-0.3, -0.25) is 34.6 Å². The van der Waals surface area contributed by atoms with Crippen molar-refractivity contribution in [3.05, 3.63) is 170 Å². The molecule has 2 aliphatic carbocycles. The molecule has 14 nitrogen and oxygen atoms in total. The van der Waals surface area contributed by atoms with Crippen molar-refractivity contribution in [2.45, 2.75) is 64.5 Å². The number of benzene rings is 5. The minimum atomic E-state index is -1.29. The van der Waals surface area contributed by atoms with E-state index in [4.69, 9.17) is 0 Å². The zero-order chi connectivity index (χ0) is 49.9. The van der Waals surface area contributed by atoms with Crippen LogP contribution in [0.25, 0.3) is 22.3 Å². The van der Waals surface area contributed by atoms with Gasteiger partial charge in [0.1, 0.15) is 11.6 Å². The van der Waals surface area contributed by atoms with Crippen molar-refractivity contribution in [1.82, 2.24) is 20.6 Å². The second-order valence-corrected chi connectivity index (χ2v) is 19.7. The first-order chi connectivity index (χ1) is 34.2. The summed E-state index contributed by atoms with van der Waals surface area (Å²) in [4.78, 5) is 89.5. The number of hydrogen-bond donors (Lipinski definition) is 6. The summed E-state index contributed by atoms with van der Waals surface area (Å²) in [5, 5.41) is 26.1. The van der Waals surface area contributed by atoms with E-state index < -0.39 is 47.1 Å². The largest absolute Gasteiger partial charge is 0.478 e. The smallest absolute Gasteiger partial charge is 0.335 e. The highest BCUT2D eigenvalue weighted by Crippen LogP contribution is 2.36. The molecule has 2 aliphatic rings. The summed E-state index contributed by atoms with van der Waals surface area (Å²) in [6.45, 7) is 3.40. The maximum Gasteiger partial charge on any atom is 0.335 e. The highest BCUT2D eigenvalue weighted by molar-refractivity contribution is 7.15. The Bertz CT molecular complexity index is 3250. The highest BCUT2D eigenvalue weighted by atomic mass is 32.1. The number of para-hydroxylation sites is 1. The van der Waals surface area contributed by atoms with Gasteiger partial charge in [0.15, 0.2) is 10.3 Å². The van der Waals surface area contributed by atoms with Gasteiger partial charge in [0.25, 0.3) is 29.5 Å². The van der Waals surface area contributed by atoms with Crippen molar-refractivity contribution in [2.75, 3.05) is 16.0 Å². The van der Waals surface area contributed by atoms with E-state index in [0.29, 0.717) is 22.1 Å². The Labute approximate surface area is 414 Å². The van der Waals surface area contributed by atoms with E-state index >= 15 is 8.78 Å². The van der Waals surface area contributed by atoms with Crippen LogP contribution in [0.1, 0.15) is 111 Å². The summed E-state index contributed by atoms with van der Waals surface area (Å²) in [7, 11) is 0. The molecule has 0 bridgehead atoms. The minimum Gasteiger partial charge on any atom is -0.478 e. The normalized spacial score (nSPS) is 13.5. The highest BCUT2D eigenvalue weighted by Gasteiger charge is 2.29. The van der Waals surface area contributed by atoms with Crippen LogP contribution in [0, 0.1) is 24.5 Å². The lowest BCUT2D eigenvalue weighted by atomic mass is 9.87. The van der Waals surface area contributed by atoms with E-state index in [9.17, 15) is 33.9 Å². The van der Waals surface area contributed by atoms with Crippen LogP contribution < -0.4 is 26.6 Å². The minimum absolute atomic E-state index is 0.0152. The fourth-order valence-electron chi connectivity index (χ4n) is 8.07. The van der Waals surface area contributed by atoms with Crippen molar-refractivity contribution >= 4 is 74.1 Å². The van der Waals surface area contributed by atoms with Gasteiger partial charge < -0.3 is 21.1 Å². The molecule has 71 heavy (non-hydrogen) atoms. The molecule has 360 valence electrons. The number of carboxylic acid groups (broad SMARTS) is 1. The number of nitrogens with zero attached hydrogens (tertiary/aromatic N) is 2. The van der Waals surface area contributed by atoms with Gasteiger partial charge in [-0.15, -0.1) is 22.7 Å². The average Bonchev–Trinajstić information content (AvgIpc) is 4.26. The molecule has 0 radical (unpaired) electrons. The summed E-state index contributed by atoms with van der Waals surface area (Å²) < 4.78 is 32.1. The van der Waals surface area contributed by atoms with Gasteiger partial charge in [0.2, 0.25) is 0 Å². The third-order valence-electron chi connectivity index (χ3n) is 12.1. The number of rotatable bonds is 17. The van der Waals surface area contributed by atoms with Crippen molar-refractivity contribution < 1.29 is 42.7 Å². The van der Waals surface area contributed by atoms with Crippen LogP contribution in [-0.2, 0) is 12.8 Å². The second kappa shape index (κ2) is 20.6. The van der Waals surface area contributed by atoms with Crippen LogP contribution >= 0.6 is 22.7 Å². The number of carboxylic acids is 1. The van der Waals surface area contributed by atoms with Crippen LogP contribution in [-0.4, -0.2) is 62.7 Å². The summed E-state index contributed by atoms with van der Waals surface area (Å²) >= 11 is 2.35. The van der Waals surface area contributed by atoms with Crippen LogP contribution in [0.2, 0.25) is 0 Å². The molecule has 0 spiro atoms. The average molecular weight is 994 g/mol. The molecule has 2 heterocycles. The van der Waals surface area contributed by atoms with E-state index in [-0.39, 0.29) is 96.3 Å². The maximum absolute atomic E-state index is 16.7. The standard InChI is InChI=1S/C53H45F2N7O7S2/c1-27(18-36-26-57-53(71-36)62-50(67)43-21-30(51(68)69)9-15-37(43)39-22-31(24-44(54)28(39)2)47(64)59-34-10-11-34)19-41-40(23-32(25-45(41)55)48(65)60-35-12-13-35)38-14-8-29(46(63)58-33-6-4-3-5-7-33)20-42(38)49(66)61-52-56-16-17-70-52/h3-9,14-17,20-27,34-35H,10-13,18-19H2,1-2H3,(H,58,63)(H,59,64)(H,60,65)(H,68,69)(H,56,61,66)(H,57,62,67)/t27-/m0/s1. The Morgan fingerprint density at radius 2 is 1.23 bits per heavy atom. The molecule has 0 aliphatic heterocycles. The first kappa shape index (κ1) is 48.1. The molecular weight excluding hydrogens is 949 g/mol. The number of carbonyl (C=O) groups is 6. The molecule has 6 N–H and O–H groups in total. The third-order valence-corrected chi connectivity index (χ3v) is 13.7. The first-order valence-electron chi connectivity index (χ1n) is 22.8. The van der Waals surface area contributed by atoms with E-state index in [1.165, 1.54) is 66.9 Å². The summed E-state index contributed by atoms with van der Waals surface area (Å²) in [6.07, 6.45) is 6.83. The number of nitrogens with one attached hydrogen (secondary N) is 5. The second-order valence-electron chi connectivity index (χ2n) is 17.6. The Morgan fingerprint density at radius 3 is 1.85 bits per heavy atom. The van der Waals surface area contributed by atoms with Crippen LogP contribution in [0.4, 0.5) is 24.7 Å². The van der Waals surface area contributed by atoms with E-state index in [0.717, 1.165) is 43.1 Å². The number of aromatic nitrogens is 2. The van der Waals surface area contributed by atoms with Crippen molar-refractivity contribution in [3.63, 3.8) is 0 Å². The third kappa shape index (κ3) is 11.4. The number of halogens is 2. The van der Waals surface area contributed by atoms with E-state index in [2.05, 4.69) is 36.6 Å². The molecule has 5 amide bonds. The topological polar surface area (TPSA) is 209 Å². The molecule has 5 aromatic carbocycles. The first-order valence-corrected chi connectivity index (χ1v) is 24.5.